The Morgan fingerprint density at radius 3 is 2.49 bits per heavy atom. The van der Waals surface area contributed by atoms with Crippen LogP contribution in [0.1, 0.15) is 42.5 Å². The molecule has 1 aliphatic carbocycles. The molecule has 8 nitrogen and oxygen atoms in total. The van der Waals surface area contributed by atoms with Gasteiger partial charge in [0, 0.05) is 61.7 Å². The van der Waals surface area contributed by atoms with E-state index in [4.69, 9.17) is 4.52 Å². The highest BCUT2D eigenvalue weighted by atomic mass is 19.3. The summed E-state index contributed by atoms with van der Waals surface area (Å²) in [5.74, 6) is -4.85. The van der Waals surface area contributed by atoms with E-state index in [-0.39, 0.29) is 41.1 Å². The van der Waals surface area contributed by atoms with Gasteiger partial charge in [-0.3, -0.25) is 9.48 Å². The molecule has 0 bridgehead atoms. The lowest BCUT2D eigenvalue weighted by molar-refractivity contribution is -0.115. The van der Waals surface area contributed by atoms with Gasteiger partial charge >= 0.3 is 0 Å². The average molecular weight is 514 g/mol. The molecule has 0 unspecified atom stereocenters. The Kier molecular flexibility index (Phi) is 6.04. The topological polar surface area (TPSA) is 98.7 Å². The number of carbonyl (C=O) groups is 1. The highest BCUT2D eigenvalue weighted by Crippen LogP contribution is 2.58. The highest BCUT2D eigenvalue weighted by molar-refractivity contribution is 5.91. The number of aryl methyl sites for hydroxylation is 1. The molecule has 1 N–H and O–H groups in total. The van der Waals surface area contributed by atoms with Crippen LogP contribution in [0.2, 0.25) is 0 Å². The molecule has 0 atom stereocenters. The van der Waals surface area contributed by atoms with E-state index in [0.29, 0.717) is 12.2 Å². The van der Waals surface area contributed by atoms with E-state index in [0.717, 1.165) is 24.6 Å². The van der Waals surface area contributed by atoms with Crippen LogP contribution >= 0.6 is 0 Å². The van der Waals surface area contributed by atoms with E-state index in [1.165, 1.54) is 18.5 Å². The third kappa shape index (κ3) is 4.95. The molecule has 0 aliphatic heterocycles. The molecule has 1 fully saturated rings. The number of halogens is 4. The zero-order valence-electron chi connectivity index (χ0n) is 19.9. The van der Waals surface area contributed by atoms with E-state index in [1.807, 2.05) is 6.20 Å². The Morgan fingerprint density at radius 2 is 1.86 bits per heavy atom. The van der Waals surface area contributed by atoms with Gasteiger partial charge in [-0.2, -0.15) is 5.10 Å². The largest absolute Gasteiger partial charge is 0.358 e. The first kappa shape index (κ1) is 24.6. The SMILES string of the molecule is Cn1cc(Cc2ncc(-c3cc(F)c(CC(=O)Nc4cc(C5(C(C)(F)F)CC5)on4)cc3F)cn2)cn1. The molecule has 3 aromatic heterocycles. The van der Waals surface area contributed by atoms with Crippen molar-refractivity contribution in [3.8, 4) is 11.1 Å². The summed E-state index contributed by atoms with van der Waals surface area (Å²) in [6.45, 7) is 0.810. The Hall–Kier alpha value is -4.09. The summed E-state index contributed by atoms with van der Waals surface area (Å²) in [5.41, 5.74) is -0.470. The highest BCUT2D eigenvalue weighted by Gasteiger charge is 2.62. The van der Waals surface area contributed by atoms with Crippen molar-refractivity contribution < 1.29 is 26.9 Å². The molecule has 1 amide bonds. The van der Waals surface area contributed by atoms with Crippen molar-refractivity contribution in [2.75, 3.05) is 5.32 Å². The van der Waals surface area contributed by atoms with E-state index < -0.39 is 35.3 Å². The predicted octanol–water partition coefficient (Wildman–Crippen LogP) is 4.60. The summed E-state index contributed by atoms with van der Waals surface area (Å²) < 4.78 is 64.1. The first-order valence-electron chi connectivity index (χ1n) is 11.5. The molecule has 37 heavy (non-hydrogen) atoms. The van der Waals surface area contributed by atoms with Crippen LogP contribution in [0.25, 0.3) is 11.1 Å². The van der Waals surface area contributed by atoms with Gasteiger partial charge in [-0.1, -0.05) is 5.16 Å². The molecule has 192 valence electrons. The average Bonchev–Trinajstić information content (AvgIpc) is 3.38. The number of nitrogens with zero attached hydrogens (tertiary/aromatic N) is 5. The van der Waals surface area contributed by atoms with E-state index >= 15 is 0 Å². The maximum Gasteiger partial charge on any atom is 0.258 e. The lowest BCUT2D eigenvalue weighted by Gasteiger charge is -2.19. The van der Waals surface area contributed by atoms with Crippen LogP contribution in [0, 0.1) is 11.6 Å². The van der Waals surface area contributed by atoms with Crippen LogP contribution in [0.4, 0.5) is 23.4 Å². The third-order valence-corrected chi connectivity index (χ3v) is 6.46. The minimum atomic E-state index is -3.00. The maximum absolute atomic E-state index is 14.8. The van der Waals surface area contributed by atoms with Gasteiger partial charge in [-0.15, -0.1) is 0 Å². The maximum atomic E-state index is 14.8. The number of hydrogen-bond donors (Lipinski definition) is 1. The van der Waals surface area contributed by atoms with E-state index in [2.05, 4.69) is 25.5 Å². The van der Waals surface area contributed by atoms with Crippen LogP contribution in [-0.4, -0.2) is 36.7 Å². The van der Waals surface area contributed by atoms with Gasteiger partial charge in [0.05, 0.1) is 18.0 Å². The Labute approximate surface area is 208 Å². The number of amides is 1. The van der Waals surface area contributed by atoms with E-state index in [9.17, 15) is 22.4 Å². The predicted molar refractivity (Wildman–Crippen MR) is 124 cm³/mol. The van der Waals surface area contributed by atoms with Gasteiger partial charge in [0.15, 0.2) is 11.6 Å². The van der Waals surface area contributed by atoms with Crippen LogP contribution in [0.15, 0.2) is 47.5 Å². The summed E-state index contributed by atoms with van der Waals surface area (Å²) in [6, 6.07) is 3.14. The summed E-state index contributed by atoms with van der Waals surface area (Å²) in [7, 11) is 1.79. The first-order valence-corrected chi connectivity index (χ1v) is 11.5. The van der Waals surface area contributed by atoms with Crippen molar-refractivity contribution in [1.82, 2.24) is 24.9 Å². The van der Waals surface area contributed by atoms with Gasteiger partial charge in [-0.25, -0.2) is 27.5 Å². The molecule has 4 aromatic rings. The summed E-state index contributed by atoms with van der Waals surface area (Å²) >= 11 is 0. The Morgan fingerprint density at radius 1 is 1.14 bits per heavy atom. The lowest BCUT2D eigenvalue weighted by Crippen LogP contribution is -2.29. The molecular formula is C25H22F4N6O2. The molecule has 1 saturated carbocycles. The number of rotatable bonds is 8. The summed E-state index contributed by atoms with van der Waals surface area (Å²) in [4.78, 5) is 20.8. The molecule has 1 aromatic carbocycles. The molecule has 0 spiro atoms. The van der Waals surface area contributed by atoms with Crippen LogP contribution in [-0.2, 0) is 30.1 Å². The van der Waals surface area contributed by atoms with Crippen molar-refractivity contribution >= 4 is 11.7 Å². The van der Waals surface area contributed by atoms with Crippen LogP contribution in [0.3, 0.4) is 0 Å². The Bertz CT molecular complexity index is 1450. The molecule has 12 heteroatoms. The standard InChI is InChI=1S/C25H22F4N6O2/c1-24(28,29)25(3-4-25)20-9-22(34-37-20)33-23(36)7-15-6-19(27)17(8-18(15)26)16-11-30-21(31-12-16)5-14-10-32-35(2)13-14/h6,8-13H,3-5,7H2,1-2H3,(H,33,34,36). The minimum Gasteiger partial charge on any atom is -0.358 e. The van der Waals surface area contributed by atoms with Crippen LogP contribution < -0.4 is 5.32 Å². The second-order valence-electron chi connectivity index (χ2n) is 9.28. The Balaban J connectivity index is 1.25. The van der Waals surface area contributed by atoms with Crippen molar-refractivity contribution in [3.63, 3.8) is 0 Å². The van der Waals surface area contributed by atoms with Crippen molar-refractivity contribution in [2.24, 2.45) is 7.05 Å². The fraction of sp³-hybridized carbons (Fsp3) is 0.320. The zero-order valence-corrected chi connectivity index (χ0v) is 19.9. The smallest absolute Gasteiger partial charge is 0.258 e. The zero-order chi connectivity index (χ0) is 26.4. The third-order valence-electron chi connectivity index (χ3n) is 6.46. The van der Waals surface area contributed by atoms with Crippen LogP contribution in [0.5, 0.6) is 0 Å². The quantitative estimate of drug-likeness (QED) is 0.345. The number of carbonyl (C=O) groups excluding carboxylic acids is 1. The monoisotopic (exact) mass is 514 g/mol. The minimum absolute atomic E-state index is 0.0226. The van der Waals surface area contributed by atoms with Gasteiger partial charge in [-0.05, 0) is 30.5 Å². The molecule has 1 aliphatic rings. The number of nitrogens with one attached hydrogen (secondary N) is 1. The number of aromatic nitrogens is 5. The van der Waals surface area contributed by atoms with Crippen molar-refractivity contribution in [3.05, 3.63) is 77.3 Å². The molecule has 0 saturated heterocycles. The molecule has 5 rings (SSSR count). The molecule has 0 radical (unpaired) electrons. The number of hydrogen-bond acceptors (Lipinski definition) is 6. The summed E-state index contributed by atoms with van der Waals surface area (Å²) in [6.07, 6.45) is 6.75. The second-order valence-corrected chi connectivity index (χ2v) is 9.28. The van der Waals surface area contributed by atoms with Crippen molar-refractivity contribution in [1.29, 1.82) is 0 Å². The normalized spacial score (nSPS) is 14.5. The van der Waals surface area contributed by atoms with Crippen molar-refractivity contribution in [2.45, 2.75) is 43.9 Å². The lowest BCUT2D eigenvalue weighted by atomic mass is 9.96. The fourth-order valence-corrected chi connectivity index (χ4v) is 4.22. The number of alkyl halides is 2. The number of benzene rings is 1. The second kappa shape index (κ2) is 9.09. The number of anilines is 1. The van der Waals surface area contributed by atoms with Gasteiger partial charge in [0.1, 0.15) is 17.5 Å². The van der Waals surface area contributed by atoms with Gasteiger partial charge in [0.2, 0.25) is 5.91 Å². The summed E-state index contributed by atoms with van der Waals surface area (Å²) in [5, 5.41) is 10.1. The first-order chi connectivity index (χ1) is 17.5. The van der Waals surface area contributed by atoms with Gasteiger partial charge < -0.3 is 9.84 Å². The molecule has 3 heterocycles. The fourth-order valence-electron chi connectivity index (χ4n) is 4.22. The molecular weight excluding hydrogens is 492 g/mol. The van der Waals surface area contributed by atoms with Gasteiger partial charge in [0.25, 0.3) is 5.92 Å². The van der Waals surface area contributed by atoms with E-state index in [1.54, 1.807) is 17.9 Å².